The van der Waals surface area contributed by atoms with Crippen LogP contribution in [0, 0.1) is 0 Å². The molecule has 0 N–H and O–H groups in total. The van der Waals surface area contributed by atoms with Crippen molar-refractivity contribution in [3.63, 3.8) is 0 Å². The summed E-state index contributed by atoms with van der Waals surface area (Å²) in [6.45, 7) is 0.608. The average molecular weight is 430 g/mol. The molecule has 3 aromatic carbocycles. The van der Waals surface area contributed by atoms with Crippen LogP contribution < -0.4 is 14.2 Å². The highest BCUT2D eigenvalue weighted by atomic mass is 16.5. The molecule has 0 spiro atoms. The van der Waals surface area contributed by atoms with Crippen LogP contribution >= 0.6 is 0 Å². The molecule has 4 rings (SSSR count). The lowest BCUT2D eigenvalue weighted by Crippen LogP contribution is -2.39. The van der Waals surface area contributed by atoms with E-state index in [1.807, 2.05) is 77.7 Å². The monoisotopic (exact) mass is 429 g/mol. The summed E-state index contributed by atoms with van der Waals surface area (Å²) in [6, 6.07) is 21.5. The zero-order chi connectivity index (χ0) is 22.5. The number of fused-ring (bicyclic) bond motifs is 1. The van der Waals surface area contributed by atoms with E-state index in [0.717, 1.165) is 34.4 Å². The number of benzene rings is 3. The Morgan fingerprint density at radius 1 is 0.906 bits per heavy atom. The Morgan fingerprint density at radius 2 is 1.59 bits per heavy atom. The molecule has 5 heteroatoms. The summed E-state index contributed by atoms with van der Waals surface area (Å²) in [7, 11) is 4.91. The van der Waals surface area contributed by atoms with Gasteiger partial charge in [-0.2, -0.15) is 0 Å². The maximum atomic E-state index is 13.3. The van der Waals surface area contributed by atoms with Gasteiger partial charge >= 0.3 is 0 Å². The molecule has 0 fully saturated rings. The van der Waals surface area contributed by atoms with Crippen LogP contribution in [0.15, 0.2) is 72.8 Å². The van der Waals surface area contributed by atoms with Crippen molar-refractivity contribution in [1.82, 2.24) is 4.90 Å². The first-order chi connectivity index (χ1) is 15.6. The van der Waals surface area contributed by atoms with Crippen LogP contribution in [0.1, 0.15) is 28.3 Å². The Hall–Kier alpha value is -3.73. The van der Waals surface area contributed by atoms with Gasteiger partial charge in [0.2, 0.25) is 5.91 Å². The number of carbonyl (C=O) groups excluding carboxylic acids is 1. The Kier molecular flexibility index (Phi) is 6.45. The first kappa shape index (κ1) is 21.5. The SMILES string of the molecule is COc1ccc(C2c3cc(OC)c(OC)cc3CCN2C(=O)/C=C/c2ccccc2)cc1. The van der Waals surface area contributed by atoms with Gasteiger partial charge in [0.25, 0.3) is 0 Å². The van der Waals surface area contributed by atoms with Gasteiger partial charge in [-0.1, -0.05) is 42.5 Å². The lowest BCUT2D eigenvalue weighted by molar-refractivity contribution is -0.127. The average Bonchev–Trinajstić information content (AvgIpc) is 2.86. The number of carbonyl (C=O) groups is 1. The van der Waals surface area contributed by atoms with E-state index < -0.39 is 0 Å². The third-order valence-corrected chi connectivity index (χ3v) is 5.81. The Morgan fingerprint density at radius 3 is 2.25 bits per heavy atom. The summed E-state index contributed by atoms with van der Waals surface area (Å²) in [6.07, 6.45) is 4.25. The van der Waals surface area contributed by atoms with Gasteiger partial charge in [-0.25, -0.2) is 0 Å². The van der Waals surface area contributed by atoms with Crippen LogP contribution in [0.25, 0.3) is 6.08 Å². The number of methoxy groups -OCH3 is 3. The molecular formula is C27H27NO4. The van der Waals surface area contributed by atoms with Gasteiger partial charge in [-0.3, -0.25) is 4.79 Å². The second-order valence-electron chi connectivity index (χ2n) is 7.61. The number of hydrogen-bond donors (Lipinski definition) is 0. The third-order valence-electron chi connectivity index (χ3n) is 5.81. The molecule has 1 amide bonds. The molecule has 0 aliphatic carbocycles. The maximum absolute atomic E-state index is 13.3. The van der Waals surface area contributed by atoms with Crippen molar-refractivity contribution in [2.24, 2.45) is 0 Å². The zero-order valence-corrected chi connectivity index (χ0v) is 18.6. The first-order valence-electron chi connectivity index (χ1n) is 10.6. The molecule has 1 unspecified atom stereocenters. The molecule has 32 heavy (non-hydrogen) atoms. The second kappa shape index (κ2) is 9.60. The Labute approximate surface area is 188 Å². The Balaban J connectivity index is 1.75. The number of hydrogen-bond acceptors (Lipinski definition) is 4. The third kappa shape index (κ3) is 4.33. The molecule has 0 radical (unpaired) electrons. The van der Waals surface area contributed by atoms with E-state index in [2.05, 4.69) is 0 Å². The van der Waals surface area contributed by atoms with Crippen LogP contribution in [-0.4, -0.2) is 38.7 Å². The number of amides is 1. The standard InChI is InChI=1S/C27H27NO4/c1-30-22-12-10-20(11-13-22)27-23-18-25(32-3)24(31-2)17-21(23)15-16-28(27)26(29)14-9-19-7-5-4-6-8-19/h4-14,17-18,27H,15-16H2,1-3H3/b14-9+. The largest absolute Gasteiger partial charge is 0.497 e. The fourth-order valence-corrected chi connectivity index (χ4v) is 4.16. The summed E-state index contributed by atoms with van der Waals surface area (Å²) in [4.78, 5) is 15.2. The van der Waals surface area contributed by atoms with Crippen molar-refractivity contribution in [2.45, 2.75) is 12.5 Å². The highest BCUT2D eigenvalue weighted by Gasteiger charge is 2.32. The van der Waals surface area contributed by atoms with Crippen molar-refractivity contribution in [3.05, 3.63) is 95.1 Å². The van der Waals surface area contributed by atoms with Gasteiger partial charge in [0.1, 0.15) is 5.75 Å². The molecule has 0 bridgehead atoms. The van der Waals surface area contributed by atoms with E-state index in [1.165, 1.54) is 0 Å². The first-order valence-corrected chi connectivity index (χ1v) is 10.6. The van der Waals surface area contributed by atoms with Crippen molar-refractivity contribution in [2.75, 3.05) is 27.9 Å². The fourth-order valence-electron chi connectivity index (χ4n) is 4.16. The quantitative estimate of drug-likeness (QED) is 0.523. The fraction of sp³-hybridized carbons (Fsp3) is 0.222. The van der Waals surface area contributed by atoms with Gasteiger partial charge in [-0.15, -0.1) is 0 Å². The van der Waals surface area contributed by atoms with Crippen LogP contribution in [0.2, 0.25) is 0 Å². The lowest BCUT2D eigenvalue weighted by Gasteiger charge is -2.37. The summed E-state index contributed by atoms with van der Waals surface area (Å²) in [5, 5.41) is 0. The predicted molar refractivity (Wildman–Crippen MR) is 125 cm³/mol. The van der Waals surface area contributed by atoms with Crippen molar-refractivity contribution >= 4 is 12.0 Å². The zero-order valence-electron chi connectivity index (χ0n) is 18.6. The summed E-state index contributed by atoms with van der Waals surface area (Å²) in [5.74, 6) is 2.09. The van der Waals surface area contributed by atoms with Crippen LogP contribution in [0.5, 0.6) is 17.2 Å². The van der Waals surface area contributed by atoms with E-state index in [9.17, 15) is 4.79 Å². The molecule has 0 aromatic heterocycles. The van der Waals surface area contributed by atoms with E-state index in [-0.39, 0.29) is 11.9 Å². The van der Waals surface area contributed by atoms with Crippen LogP contribution in [0.4, 0.5) is 0 Å². The molecule has 3 aromatic rings. The lowest BCUT2D eigenvalue weighted by atomic mass is 9.87. The summed E-state index contributed by atoms with van der Waals surface area (Å²) < 4.78 is 16.4. The van der Waals surface area contributed by atoms with Gasteiger partial charge in [0.05, 0.1) is 27.4 Å². The van der Waals surface area contributed by atoms with Crippen molar-refractivity contribution in [1.29, 1.82) is 0 Å². The minimum absolute atomic E-state index is 0.0323. The van der Waals surface area contributed by atoms with Gasteiger partial charge < -0.3 is 19.1 Å². The minimum Gasteiger partial charge on any atom is -0.497 e. The van der Waals surface area contributed by atoms with Crippen LogP contribution in [-0.2, 0) is 11.2 Å². The van der Waals surface area contributed by atoms with Crippen molar-refractivity contribution in [3.8, 4) is 17.2 Å². The number of nitrogens with zero attached hydrogens (tertiary/aromatic N) is 1. The Bertz CT molecular complexity index is 1110. The van der Waals surface area contributed by atoms with Gasteiger partial charge in [-0.05, 0) is 59.0 Å². The highest BCUT2D eigenvalue weighted by Crippen LogP contribution is 2.41. The molecular weight excluding hydrogens is 402 g/mol. The summed E-state index contributed by atoms with van der Waals surface area (Å²) in [5.41, 5.74) is 4.20. The van der Waals surface area contributed by atoms with E-state index >= 15 is 0 Å². The van der Waals surface area contributed by atoms with E-state index in [4.69, 9.17) is 14.2 Å². The smallest absolute Gasteiger partial charge is 0.247 e. The molecule has 0 saturated carbocycles. The normalized spacial score (nSPS) is 15.3. The predicted octanol–water partition coefficient (Wildman–Crippen LogP) is 4.90. The topological polar surface area (TPSA) is 48.0 Å². The van der Waals surface area contributed by atoms with E-state index in [0.29, 0.717) is 18.0 Å². The van der Waals surface area contributed by atoms with Crippen LogP contribution in [0.3, 0.4) is 0 Å². The minimum atomic E-state index is -0.239. The summed E-state index contributed by atoms with van der Waals surface area (Å²) >= 11 is 0. The molecule has 1 aliphatic heterocycles. The molecule has 1 aliphatic rings. The molecule has 1 atom stereocenters. The molecule has 0 saturated heterocycles. The highest BCUT2D eigenvalue weighted by molar-refractivity contribution is 5.92. The van der Waals surface area contributed by atoms with Gasteiger partial charge in [0, 0.05) is 12.6 Å². The van der Waals surface area contributed by atoms with Crippen molar-refractivity contribution < 1.29 is 19.0 Å². The van der Waals surface area contributed by atoms with E-state index in [1.54, 1.807) is 27.4 Å². The maximum Gasteiger partial charge on any atom is 0.247 e. The number of rotatable bonds is 6. The van der Waals surface area contributed by atoms with Gasteiger partial charge in [0.15, 0.2) is 11.5 Å². The second-order valence-corrected chi connectivity index (χ2v) is 7.61. The molecule has 5 nitrogen and oxygen atoms in total. The molecule has 164 valence electrons. The number of ether oxygens (including phenoxy) is 3. The molecule has 1 heterocycles.